The van der Waals surface area contributed by atoms with Crippen LogP contribution in [-0.4, -0.2) is 301 Å². The van der Waals surface area contributed by atoms with Gasteiger partial charge in [-0.2, -0.15) is 0 Å². The molecule has 19 N–H and O–H groups in total. The Morgan fingerprint density at radius 3 is 1.61 bits per heavy atom. The third kappa shape index (κ3) is 13.1. The molecule has 28 heteroatoms. The molecule has 89 heavy (non-hydrogen) atoms. The second-order valence-electron chi connectivity index (χ2n) is 29.2. The van der Waals surface area contributed by atoms with Gasteiger partial charge in [0.15, 0.2) is 25.2 Å². The standard InChI is InChI=1S/C61H104O28/c1-24(9-13-37(58(4,5)80)88-56-52(89-55-51(79)47(75)42(70)32(21-64)86-55)48(76)43(71)33(87-56)23-82-54-50(78)46(74)41(69)31(20-63)85-54)26-15-16-59(6)34-12-10-27-28(61(34,8)35(65)18-60(26,59)7)11-14-36(57(27,2)3)83-29-17-25(38(66)44(72)39(29)67)22-81-53-49(77)45(73)40(68)30(19-62)84-53/h10,24-26,28-56,62-80H,9,11-23H2,1-8H3/t24-,25-,26?,28?,29-,30-,31-,32?,33-,34?,35-,36+,37-,38-,39+,40-,41-,42-,43-,44+,45+,46+,47+,48+,49-,50-,51-,52-,53-,54+,55+,56+,59+,60-,61+/m1/s1. The second-order valence-corrected chi connectivity index (χ2v) is 29.2. The number of rotatable bonds is 20. The van der Waals surface area contributed by atoms with Crippen LogP contribution in [0.2, 0.25) is 0 Å². The van der Waals surface area contributed by atoms with E-state index in [-0.39, 0.29) is 54.0 Å². The number of allylic oxidation sites excluding steroid dienone is 1. The molecule has 4 saturated heterocycles. The number of aliphatic hydroxyl groups excluding tert-OH is 18. The fraction of sp³-hybridized carbons (Fsp3) is 0.967. The molecule has 35 atom stereocenters. The molecule has 8 fully saturated rings. The Morgan fingerprint density at radius 1 is 0.551 bits per heavy atom. The van der Waals surface area contributed by atoms with Gasteiger partial charge < -0.3 is 140 Å². The predicted octanol–water partition coefficient (Wildman–Crippen LogP) is -4.74. The fourth-order valence-corrected chi connectivity index (χ4v) is 17.5. The maximum atomic E-state index is 12.9. The van der Waals surface area contributed by atoms with Gasteiger partial charge in [0.25, 0.3) is 0 Å². The summed E-state index contributed by atoms with van der Waals surface area (Å²) in [5, 5.41) is 206. The Kier molecular flexibility index (Phi) is 22.3. The lowest BCUT2D eigenvalue weighted by Gasteiger charge is -2.67. The van der Waals surface area contributed by atoms with Crippen LogP contribution in [0, 0.1) is 51.2 Å². The molecule has 0 radical (unpaired) electrons. The quantitative estimate of drug-likeness (QED) is 0.0509. The highest BCUT2D eigenvalue weighted by Crippen LogP contribution is 2.75. The molecule has 0 aromatic rings. The van der Waals surface area contributed by atoms with E-state index in [9.17, 15) is 97.0 Å². The van der Waals surface area contributed by atoms with Crippen molar-refractivity contribution in [2.24, 2.45) is 51.2 Å². The minimum absolute atomic E-state index is 0.0257. The topological polar surface area (TPSA) is 467 Å². The van der Waals surface area contributed by atoms with E-state index in [2.05, 4.69) is 47.6 Å². The van der Waals surface area contributed by atoms with Gasteiger partial charge in [-0.15, -0.1) is 0 Å². The summed E-state index contributed by atoms with van der Waals surface area (Å²) < 4.78 is 53.7. The maximum Gasteiger partial charge on any atom is 0.187 e. The van der Waals surface area contributed by atoms with Crippen LogP contribution in [-0.2, 0) is 42.6 Å². The minimum atomic E-state index is -1.95. The van der Waals surface area contributed by atoms with Crippen molar-refractivity contribution in [2.45, 2.75) is 284 Å². The van der Waals surface area contributed by atoms with Crippen LogP contribution in [0.4, 0.5) is 0 Å². The molecule has 9 rings (SSSR count). The zero-order chi connectivity index (χ0) is 65.5. The van der Waals surface area contributed by atoms with Crippen molar-refractivity contribution in [1.29, 1.82) is 0 Å². The van der Waals surface area contributed by atoms with Gasteiger partial charge in [0.2, 0.25) is 0 Å². The van der Waals surface area contributed by atoms with Gasteiger partial charge in [0.1, 0.15) is 110 Å². The molecule has 0 aromatic carbocycles. The van der Waals surface area contributed by atoms with E-state index in [0.717, 1.165) is 18.4 Å². The van der Waals surface area contributed by atoms with Crippen molar-refractivity contribution >= 4 is 0 Å². The van der Waals surface area contributed by atoms with Gasteiger partial charge in [-0.05, 0) is 106 Å². The summed E-state index contributed by atoms with van der Waals surface area (Å²) in [6, 6.07) is 0. The molecule has 0 bridgehead atoms. The fourth-order valence-electron chi connectivity index (χ4n) is 17.5. The summed E-state index contributed by atoms with van der Waals surface area (Å²) in [7, 11) is 0. The maximum absolute atomic E-state index is 12.9. The summed E-state index contributed by atoms with van der Waals surface area (Å²) in [5.74, 6) is -0.740. The van der Waals surface area contributed by atoms with E-state index < -0.39 is 214 Å². The first-order valence-corrected chi connectivity index (χ1v) is 31.9. The Labute approximate surface area is 518 Å². The molecule has 4 aliphatic heterocycles. The molecular formula is C61H104O28. The average Bonchev–Trinajstić information content (AvgIpc) is 1.66. The monoisotopic (exact) mass is 1280 g/mol. The van der Waals surface area contributed by atoms with E-state index in [1.165, 1.54) is 13.8 Å². The predicted molar refractivity (Wildman–Crippen MR) is 303 cm³/mol. The van der Waals surface area contributed by atoms with Gasteiger partial charge in [0.05, 0.1) is 69.2 Å². The van der Waals surface area contributed by atoms with Crippen LogP contribution < -0.4 is 0 Å². The van der Waals surface area contributed by atoms with Crippen LogP contribution in [0.25, 0.3) is 0 Å². The Morgan fingerprint density at radius 2 is 1.06 bits per heavy atom. The normalized spacial score (nSPS) is 51.8. The first kappa shape index (κ1) is 71.9. The van der Waals surface area contributed by atoms with Crippen molar-refractivity contribution in [3.05, 3.63) is 11.6 Å². The summed E-state index contributed by atoms with van der Waals surface area (Å²) >= 11 is 0. The molecule has 0 amide bonds. The molecular weight excluding hydrogens is 1180 g/mol. The Balaban J connectivity index is 0.883. The zero-order valence-corrected chi connectivity index (χ0v) is 52.1. The highest BCUT2D eigenvalue weighted by atomic mass is 16.8. The largest absolute Gasteiger partial charge is 0.394 e. The number of aliphatic hydroxyl groups is 19. The molecule has 9 aliphatic rings. The third-order valence-electron chi connectivity index (χ3n) is 23.4. The van der Waals surface area contributed by atoms with Crippen LogP contribution in [0.3, 0.4) is 0 Å². The van der Waals surface area contributed by atoms with Crippen LogP contribution in [0.1, 0.15) is 113 Å². The molecule has 4 saturated carbocycles. The minimum Gasteiger partial charge on any atom is -0.394 e. The van der Waals surface area contributed by atoms with Crippen molar-refractivity contribution in [1.82, 2.24) is 0 Å². The van der Waals surface area contributed by atoms with Crippen LogP contribution in [0.5, 0.6) is 0 Å². The number of hydrogen-bond acceptors (Lipinski definition) is 28. The first-order valence-electron chi connectivity index (χ1n) is 31.9. The van der Waals surface area contributed by atoms with E-state index in [4.69, 9.17) is 42.6 Å². The van der Waals surface area contributed by atoms with Gasteiger partial charge in [-0.1, -0.05) is 53.2 Å². The lowest BCUT2D eigenvalue weighted by molar-refractivity contribution is -0.380. The van der Waals surface area contributed by atoms with Crippen molar-refractivity contribution < 1.29 is 140 Å². The number of hydrogen-bond donors (Lipinski definition) is 19. The number of fused-ring (bicyclic) bond motifs is 5. The van der Waals surface area contributed by atoms with E-state index in [0.29, 0.717) is 32.1 Å². The molecule has 4 heterocycles. The molecule has 0 spiro atoms. The van der Waals surface area contributed by atoms with Crippen LogP contribution >= 0.6 is 0 Å². The van der Waals surface area contributed by atoms with Gasteiger partial charge in [-0.3, -0.25) is 0 Å². The van der Waals surface area contributed by atoms with E-state index in [1.807, 2.05) is 0 Å². The molecule has 4 unspecified atom stereocenters. The SMILES string of the molecule is C[C@H](CC[C@@H](O[C@@H]1O[C@H](CO[C@H]2O[C@H](CO)[C@@H](O)[C@H](O)[C@H]2O)[C@@H](O)[C@H](O)[C@H]1O[C@@H]1OC(CO)[C@@H](O)[C@H](O)[C@H]1O)C(C)(C)O)C1CC[C@@]2(C)C3CC=C4C(CC[C@H](O[C@@H]5C[C@H](CO[C@@H]6O[C@H](CO)[C@@H](O)[C@H](O)[C@H]6O)[C@@H](O)[C@H](O)[C@H]5O)C4(C)C)[C@]3(C)[C@H](O)C[C@]12C. The highest BCUT2D eigenvalue weighted by molar-refractivity contribution is 5.32. The summed E-state index contributed by atoms with van der Waals surface area (Å²) in [6.07, 6.45) is -34.2. The smallest absolute Gasteiger partial charge is 0.187 e. The van der Waals surface area contributed by atoms with Gasteiger partial charge in [0, 0.05) is 16.7 Å². The van der Waals surface area contributed by atoms with Crippen LogP contribution in [0.15, 0.2) is 11.6 Å². The molecule has 28 nitrogen and oxygen atoms in total. The summed E-state index contributed by atoms with van der Waals surface area (Å²) in [5.41, 5.74) is -2.28. The van der Waals surface area contributed by atoms with Crippen molar-refractivity contribution in [3.8, 4) is 0 Å². The number of ether oxygens (including phenoxy) is 9. The molecule has 516 valence electrons. The second kappa shape index (κ2) is 27.6. The lowest BCUT2D eigenvalue weighted by Crippen LogP contribution is -2.65. The van der Waals surface area contributed by atoms with E-state index in [1.54, 1.807) is 0 Å². The third-order valence-corrected chi connectivity index (χ3v) is 23.4. The van der Waals surface area contributed by atoms with Gasteiger partial charge >= 0.3 is 0 Å². The highest BCUT2D eigenvalue weighted by Gasteiger charge is 2.70. The zero-order valence-electron chi connectivity index (χ0n) is 52.1. The lowest BCUT2D eigenvalue weighted by atomic mass is 9.38. The Hall–Kier alpha value is -1.38. The van der Waals surface area contributed by atoms with Crippen molar-refractivity contribution in [2.75, 3.05) is 33.0 Å². The Bertz CT molecular complexity index is 2340. The van der Waals surface area contributed by atoms with Crippen molar-refractivity contribution in [3.63, 3.8) is 0 Å². The molecule has 5 aliphatic carbocycles. The average molecular weight is 1290 g/mol. The summed E-state index contributed by atoms with van der Waals surface area (Å²) in [6.45, 7) is 13.0. The first-order chi connectivity index (χ1) is 41.6. The summed E-state index contributed by atoms with van der Waals surface area (Å²) in [4.78, 5) is 0. The van der Waals surface area contributed by atoms with E-state index >= 15 is 0 Å². The van der Waals surface area contributed by atoms with Gasteiger partial charge in [-0.25, -0.2) is 0 Å². The molecule has 0 aromatic heterocycles.